The van der Waals surface area contributed by atoms with Gasteiger partial charge in [0.25, 0.3) is 0 Å². The van der Waals surface area contributed by atoms with Crippen LogP contribution in [-0.2, 0) is 9.53 Å². The molecule has 2 fully saturated rings. The maximum absolute atomic E-state index is 12.0. The topological polar surface area (TPSA) is 60.4 Å². The molecule has 2 aliphatic rings. The summed E-state index contributed by atoms with van der Waals surface area (Å²) in [6, 6.07) is 0. The summed E-state index contributed by atoms with van der Waals surface area (Å²) in [5.41, 5.74) is 0. The minimum atomic E-state index is 0. The lowest BCUT2D eigenvalue weighted by Gasteiger charge is -2.25. The Bertz CT molecular complexity index is 465. The van der Waals surface area contributed by atoms with Crippen LogP contribution in [0, 0.1) is 11.8 Å². The Morgan fingerprint density at radius 2 is 1.96 bits per heavy atom. The third-order valence-corrected chi connectivity index (χ3v) is 5.43. The van der Waals surface area contributed by atoms with E-state index in [-0.39, 0.29) is 36.4 Å². The van der Waals surface area contributed by atoms with Gasteiger partial charge >= 0.3 is 0 Å². The molecule has 2 atom stereocenters. The van der Waals surface area contributed by atoms with Crippen LogP contribution in [0.3, 0.4) is 0 Å². The smallest absolute Gasteiger partial charge is 0.243 e. The Labute approximate surface area is 181 Å². The first-order chi connectivity index (χ1) is 12.5. The third-order valence-electron chi connectivity index (χ3n) is 5.43. The minimum absolute atomic E-state index is 0. The van der Waals surface area contributed by atoms with Gasteiger partial charge in [-0.1, -0.05) is 13.8 Å². The van der Waals surface area contributed by atoms with Crippen LogP contribution in [0.25, 0.3) is 0 Å². The molecule has 1 N–H and O–H groups in total. The molecule has 2 aliphatic heterocycles. The van der Waals surface area contributed by atoms with Gasteiger partial charge in [-0.2, -0.15) is 0 Å². The second-order valence-corrected chi connectivity index (χ2v) is 7.63. The van der Waals surface area contributed by atoms with Gasteiger partial charge in [0, 0.05) is 52.8 Å². The molecule has 2 rings (SSSR count). The highest BCUT2D eigenvalue weighted by atomic mass is 127. The Morgan fingerprint density at radius 1 is 1.22 bits per heavy atom. The number of likely N-dealkylation sites (N-methyl/N-ethyl adjacent to an activating group) is 1. The highest BCUT2D eigenvalue weighted by Gasteiger charge is 2.27. The summed E-state index contributed by atoms with van der Waals surface area (Å²) in [6.07, 6.45) is 2.28. The number of carbonyl (C=O) groups excluding carboxylic acids is 1. The molecule has 0 aromatic heterocycles. The molecule has 2 unspecified atom stereocenters. The van der Waals surface area contributed by atoms with Crippen molar-refractivity contribution in [1.82, 2.24) is 20.0 Å². The molecular weight excluding hydrogens is 457 g/mol. The molecule has 0 radical (unpaired) electrons. The molecule has 0 aliphatic carbocycles. The highest BCUT2D eigenvalue weighted by molar-refractivity contribution is 14.0. The van der Waals surface area contributed by atoms with Gasteiger partial charge in [0.2, 0.25) is 5.91 Å². The number of hydrogen-bond acceptors (Lipinski definition) is 4. The number of aliphatic imine (C=N–C) groups is 1. The van der Waals surface area contributed by atoms with E-state index in [2.05, 4.69) is 34.0 Å². The molecule has 27 heavy (non-hydrogen) atoms. The van der Waals surface area contributed by atoms with E-state index < -0.39 is 0 Å². The summed E-state index contributed by atoms with van der Waals surface area (Å²) in [6.45, 7) is 12.6. The predicted octanol–water partition coefficient (Wildman–Crippen LogP) is 1.34. The molecule has 0 aromatic rings. The van der Waals surface area contributed by atoms with E-state index in [1.165, 1.54) is 6.42 Å². The van der Waals surface area contributed by atoms with Gasteiger partial charge in [0.15, 0.2) is 5.96 Å². The normalized spacial score (nSPS) is 22.9. The van der Waals surface area contributed by atoms with Crippen molar-refractivity contribution in [1.29, 1.82) is 0 Å². The number of carbonyl (C=O) groups is 1. The third kappa shape index (κ3) is 8.11. The SMILES string of the molecule is CCN(CC)CC1CCN(C(=NCC(=O)N(C)C)NCC2CCOC2)C1.I. The summed E-state index contributed by atoms with van der Waals surface area (Å²) in [5, 5.41) is 3.51. The van der Waals surface area contributed by atoms with Gasteiger partial charge in [-0.05, 0) is 31.8 Å². The van der Waals surface area contributed by atoms with Crippen LogP contribution in [0.2, 0.25) is 0 Å². The van der Waals surface area contributed by atoms with E-state index in [4.69, 9.17) is 4.74 Å². The standard InChI is InChI=1S/C19H37N5O2.HI/c1-5-23(6-2)13-17-7-9-24(14-17)19(21-12-18(25)22(3)4)20-11-16-8-10-26-15-16;/h16-17H,5-15H2,1-4H3,(H,20,21);1H. The highest BCUT2D eigenvalue weighted by Crippen LogP contribution is 2.18. The zero-order valence-corrected chi connectivity index (χ0v) is 19.8. The average molecular weight is 495 g/mol. The fraction of sp³-hybridized carbons (Fsp3) is 0.895. The Balaban J connectivity index is 0.00000364. The first-order valence-corrected chi connectivity index (χ1v) is 10.1. The van der Waals surface area contributed by atoms with Gasteiger partial charge in [-0.25, -0.2) is 4.99 Å². The van der Waals surface area contributed by atoms with Crippen molar-refractivity contribution in [2.45, 2.75) is 26.7 Å². The zero-order chi connectivity index (χ0) is 18.9. The zero-order valence-electron chi connectivity index (χ0n) is 17.4. The van der Waals surface area contributed by atoms with Gasteiger partial charge < -0.3 is 24.8 Å². The van der Waals surface area contributed by atoms with Crippen molar-refractivity contribution in [3.05, 3.63) is 0 Å². The Hall–Kier alpha value is -0.610. The van der Waals surface area contributed by atoms with Gasteiger partial charge in [0.1, 0.15) is 6.54 Å². The number of rotatable bonds is 8. The van der Waals surface area contributed by atoms with Crippen molar-refractivity contribution in [3.8, 4) is 0 Å². The number of nitrogens with one attached hydrogen (secondary N) is 1. The number of ether oxygens (including phenoxy) is 1. The average Bonchev–Trinajstić information content (AvgIpc) is 3.31. The largest absolute Gasteiger partial charge is 0.381 e. The van der Waals surface area contributed by atoms with Crippen molar-refractivity contribution < 1.29 is 9.53 Å². The Morgan fingerprint density at radius 3 is 2.56 bits per heavy atom. The molecule has 7 nitrogen and oxygen atoms in total. The fourth-order valence-corrected chi connectivity index (χ4v) is 3.55. The second kappa shape index (κ2) is 12.8. The van der Waals surface area contributed by atoms with Crippen molar-refractivity contribution in [3.63, 3.8) is 0 Å². The quantitative estimate of drug-likeness (QED) is 0.313. The molecule has 2 saturated heterocycles. The predicted molar refractivity (Wildman–Crippen MR) is 121 cm³/mol. The second-order valence-electron chi connectivity index (χ2n) is 7.63. The number of guanidine groups is 1. The lowest BCUT2D eigenvalue weighted by atomic mass is 10.1. The van der Waals surface area contributed by atoms with Crippen LogP contribution < -0.4 is 5.32 Å². The van der Waals surface area contributed by atoms with E-state index in [0.29, 0.717) is 11.8 Å². The molecule has 2 heterocycles. The Kier molecular flexibility index (Phi) is 11.6. The van der Waals surface area contributed by atoms with Crippen molar-refractivity contribution in [2.24, 2.45) is 16.8 Å². The van der Waals surface area contributed by atoms with Crippen LogP contribution >= 0.6 is 24.0 Å². The first-order valence-electron chi connectivity index (χ1n) is 10.1. The number of halogens is 1. The molecule has 0 spiro atoms. The summed E-state index contributed by atoms with van der Waals surface area (Å²) in [7, 11) is 3.55. The van der Waals surface area contributed by atoms with Crippen LogP contribution in [-0.4, -0.2) is 99.7 Å². The number of amides is 1. The van der Waals surface area contributed by atoms with Gasteiger partial charge in [0.05, 0.1) is 6.61 Å². The molecule has 0 bridgehead atoms. The van der Waals surface area contributed by atoms with Crippen LogP contribution in [0.5, 0.6) is 0 Å². The number of nitrogens with zero attached hydrogens (tertiary/aromatic N) is 4. The lowest BCUT2D eigenvalue weighted by molar-refractivity contribution is -0.127. The molecule has 158 valence electrons. The molecule has 0 saturated carbocycles. The first kappa shape index (κ1) is 24.4. The van der Waals surface area contributed by atoms with Gasteiger partial charge in [-0.3, -0.25) is 4.79 Å². The summed E-state index contributed by atoms with van der Waals surface area (Å²) < 4.78 is 5.47. The maximum atomic E-state index is 12.0. The number of likely N-dealkylation sites (tertiary alicyclic amines) is 1. The van der Waals surface area contributed by atoms with Crippen LogP contribution in [0.15, 0.2) is 4.99 Å². The van der Waals surface area contributed by atoms with Crippen LogP contribution in [0.4, 0.5) is 0 Å². The van der Waals surface area contributed by atoms with E-state index in [9.17, 15) is 4.79 Å². The molecule has 1 amide bonds. The van der Waals surface area contributed by atoms with Crippen molar-refractivity contribution >= 4 is 35.8 Å². The van der Waals surface area contributed by atoms with E-state index >= 15 is 0 Å². The van der Waals surface area contributed by atoms with Crippen LogP contribution in [0.1, 0.15) is 26.7 Å². The van der Waals surface area contributed by atoms with E-state index in [1.54, 1.807) is 19.0 Å². The van der Waals surface area contributed by atoms with Crippen molar-refractivity contribution in [2.75, 3.05) is 73.1 Å². The van der Waals surface area contributed by atoms with Gasteiger partial charge in [-0.15, -0.1) is 24.0 Å². The van der Waals surface area contributed by atoms with E-state index in [1.807, 2.05) is 0 Å². The summed E-state index contributed by atoms with van der Waals surface area (Å²) >= 11 is 0. The lowest BCUT2D eigenvalue weighted by Crippen LogP contribution is -2.43. The minimum Gasteiger partial charge on any atom is -0.381 e. The molecule has 8 heteroatoms. The monoisotopic (exact) mass is 495 g/mol. The molecular formula is C19H38IN5O2. The summed E-state index contributed by atoms with van der Waals surface area (Å²) in [4.78, 5) is 23.0. The summed E-state index contributed by atoms with van der Waals surface area (Å²) in [5.74, 6) is 2.13. The van der Waals surface area contributed by atoms with E-state index in [0.717, 1.165) is 64.9 Å². The maximum Gasteiger partial charge on any atom is 0.243 e. The molecule has 0 aromatic carbocycles. The fourth-order valence-electron chi connectivity index (χ4n) is 3.55. The number of hydrogen-bond donors (Lipinski definition) is 1.